The Morgan fingerprint density at radius 2 is 1.78 bits per heavy atom. The molecule has 5 nitrogen and oxygen atoms in total. The summed E-state index contributed by atoms with van der Waals surface area (Å²) in [5.41, 5.74) is 0.632. The number of nitrogens with one attached hydrogen (secondary N) is 1. The molecule has 23 heavy (non-hydrogen) atoms. The van der Waals surface area contributed by atoms with Crippen molar-refractivity contribution in [3.63, 3.8) is 0 Å². The summed E-state index contributed by atoms with van der Waals surface area (Å²) < 4.78 is 0. The number of Topliss-reactive ketones (excluding diaryl/α,β-unsaturated/α-hetero) is 1. The van der Waals surface area contributed by atoms with Crippen LogP contribution in [0.2, 0.25) is 0 Å². The van der Waals surface area contributed by atoms with E-state index in [0.717, 1.165) is 32.1 Å². The van der Waals surface area contributed by atoms with Gasteiger partial charge in [-0.15, -0.1) is 0 Å². The third kappa shape index (κ3) is 3.62. The minimum Gasteiger partial charge on any atom is -0.370 e. The van der Waals surface area contributed by atoms with Crippen LogP contribution in [-0.2, 0) is 4.79 Å². The minimum absolute atomic E-state index is 0.0178. The fourth-order valence-corrected chi connectivity index (χ4v) is 3.65. The van der Waals surface area contributed by atoms with E-state index in [1.54, 1.807) is 17.0 Å². The molecule has 0 bridgehead atoms. The average molecular weight is 316 g/mol. The van der Waals surface area contributed by atoms with Crippen molar-refractivity contribution in [1.82, 2.24) is 10.2 Å². The lowest BCUT2D eigenvalue weighted by atomic mass is 10.0. The van der Waals surface area contributed by atoms with Crippen LogP contribution in [0.1, 0.15) is 48.9 Å². The van der Waals surface area contributed by atoms with Crippen LogP contribution >= 0.6 is 0 Å². The second-order valence-electron chi connectivity index (χ2n) is 6.49. The maximum atomic E-state index is 12.6. The number of aliphatic hydroxyl groups is 1. The van der Waals surface area contributed by atoms with Gasteiger partial charge in [-0.25, -0.2) is 0 Å². The molecular formula is C18H24N2O3. The molecule has 1 aliphatic heterocycles. The van der Waals surface area contributed by atoms with Crippen LogP contribution in [0, 0.1) is 0 Å². The number of carbonyl (C=O) groups is 2. The Morgan fingerprint density at radius 1 is 1.09 bits per heavy atom. The van der Waals surface area contributed by atoms with Gasteiger partial charge in [0.2, 0.25) is 0 Å². The number of hydrogen-bond acceptors (Lipinski definition) is 4. The number of hydrogen-bond donors (Lipinski definition) is 2. The molecule has 1 aliphatic carbocycles. The molecule has 1 aromatic carbocycles. The summed E-state index contributed by atoms with van der Waals surface area (Å²) in [5, 5.41) is 13.3. The van der Waals surface area contributed by atoms with Crippen molar-refractivity contribution in [3.8, 4) is 0 Å². The smallest absolute Gasteiger partial charge is 0.264 e. The van der Waals surface area contributed by atoms with Crippen molar-refractivity contribution in [1.29, 1.82) is 0 Å². The van der Waals surface area contributed by atoms with E-state index in [0.29, 0.717) is 18.5 Å². The molecule has 1 saturated heterocycles. The Kier molecular flexibility index (Phi) is 5.08. The second-order valence-corrected chi connectivity index (χ2v) is 6.49. The number of amides is 1. The third-order valence-electron chi connectivity index (χ3n) is 4.91. The van der Waals surface area contributed by atoms with Crippen LogP contribution in [0.3, 0.4) is 0 Å². The van der Waals surface area contributed by atoms with Gasteiger partial charge >= 0.3 is 0 Å². The fraction of sp³-hybridized carbons (Fsp3) is 0.556. The molecule has 2 fully saturated rings. The maximum absolute atomic E-state index is 12.6. The van der Waals surface area contributed by atoms with Crippen LogP contribution < -0.4 is 5.32 Å². The first kappa shape index (κ1) is 16.1. The van der Waals surface area contributed by atoms with Gasteiger partial charge in [0.25, 0.3) is 5.91 Å². The first-order valence-corrected chi connectivity index (χ1v) is 8.50. The largest absolute Gasteiger partial charge is 0.370 e. The lowest BCUT2D eigenvalue weighted by Crippen LogP contribution is -2.52. The highest BCUT2D eigenvalue weighted by molar-refractivity contribution is 6.00. The van der Waals surface area contributed by atoms with Crippen LogP contribution in [0.25, 0.3) is 0 Å². The van der Waals surface area contributed by atoms with E-state index in [4.69, 9.17) is 0 Å². The minimum atomic E-state index is -1.24. The number of carbonyl (C=O) groups excluding carboxylic acids is 2. The van der Waals surface area contributed by atoms with E-state index in [1.807, 2.05) is 18.2 Å². The molecule has 124 valence electrons. The normalized spacial score (nSPS) is 23.8. The quantitative estimate of drug-likeness (QED) is 0.812. The van der Waals surface area contributed by atoms with Crippen LogP contribution in [0.5, 0.6) is 0 Å². The molecule has 2 unspecified atom stereocenters. The summed E-state index contributed by atoms with van der Waals surface area (Å²) >= 11 is 0. The van der Waals surface area contributed by atoms with Gasteiger partial charge in [-0.1, -0.05) is 43.2 Å². The molecule has 3 rings (SSSR count). The van der Waals surface area contributed by atoms with Gasteiger partial charge in [0.05, 0.1) is 6.04 Å². The Labute approximate surface area is 136 Å². The summed E-state index contributed by atoms with van der Waals surface area (Å²) in [6.45, 7) is 0.572. The zero-order chi connectivity index (χ0) is 16.2. The summed E-state index contributed by atoms with van der Waals surface area (Å²) in [6, 6.07) is 8.84. The first-order chi connectivity index (χ1) is 11.2. The standard InChI is InChI=1S/C18H24N2O3/c21-16(13-7-2-1-3-8-13)15-11-6-12-20(15)18(23)17(22)19-14-9-4-5-10-14/h1-3,7-8,14-15,18,23H,4-6,9-12H2,(H,19,22). The highest BCUT2D eigenvalue weighted by Crippen LogP contribution is 2.24. The predicted octanol–water partition coefficient (Wildman–Crippen LogP) is 1.71. The molecule has 2 atom stereocenters. The average Bonchev–Trinajstić information content (AvgIpc) is 3.25. The molecule has 1 amide bonds. The van der Waals surface area contributed by atoms with Crippen LogP contribution in [0.4, 0.5) is 0 Å². The molecule has 1 aromatic rings. The highest BCUT2D eigenvalue weighted by atomic mass is 16.3. The monoisotopic (exact) mass is 316 g/mol. The van der Waals surface area contributed by atoms with Gasteiger partial charge in [0.1, 0.15) is 0 Å². The van der Waals surface area contributed by atoms with Crippen LogP contribution in [-0.4, -0.2) is 46.6 Å². The Hall–Kier alpha value is -1.72. The van der Waals surface area contributed by atoms with E-state index in [-0.39, 0.29) is 17.7 Å². The molecule has 5 heteroatoms. The van der Waals surface area contributed by atoms with E-state index >= 15 is 0 Å². The lowest BCUT2D eigenvalue weighted by Gasteiger charge is -2.28. The van der Waals surface area contributed by atoms with Crippen molar-refractivity contribution in [3.05, 3.63) is 35.9 Å². The molecule has 2 N–H and O–H groups in total. The first-order valence-electron chi connectivity index (χ1n) is 8.50. The molecule has 1 saturated carbocycles. The second kappa shape index (κ2) is 7.23. The summed E-state index contributed by atoms with van der Waals surface area (Å²) in [6.07, 6.45) is 4.46. The van der Waals surface area contributed by atoms with E-state index in [1.165, 1.54) is 0 Å². The van der Waals surface area contributed by atoms with Gasteiger partial charge in [0.15, 0.2) is 12.0 Å². The molecule has 0 spiro atoms. The molecule has 2 aliphatic rings. The molecule has 0 radical (unpaired) electrons. The van der Waals surface area contributed by atoms with Crippen LogP contribution in [0.15, 0.2) is 30.3 Å². The SMILES string of the molecule is O=C(NC1CCCC1)C(O)N1CCCC1C(=O)c1ccccc1. The van der Waals surface area contributed by atoms with E-state index in [2.05, 4.69) is 5.32 Å². The van der Waals surface area contributed by atoms with Crippen molar-refractivity contribution >= 4 is 11.7 Å². The van der Waals surface area contributed by atoms with E-state index < -0.39 is 12.3 Å². The van der Waals surface area contributed by atoms with Gasteiger partial charge in [-0.3, -0.25) is 14.5 Å². The Morgan fingerprint density at radius 3 is 2.48 bits per heavy atom. The number of aliphatic hydroxyl groups excluding tert-OH is 1. The van der Waals surface area contributed by atoms with Crippen molar-refractivity contribution in [2.45, 2.75) is 56.8 Å². The van der Waals surface area contributed by atoms with E-state index in [9.17, 15) is 14.7 Å². The zero-order valence-corrected chi connectivity index (χ0v) is 13.3. The Bertz CT molecular complexity index is 555. The van der Waals surface area contributed by atoms with Gasteiger partial charge in [0, 0.05) is 18.2 Å². The maximum Gasteiger partial charge on any atom is 0.264 e. The number of benzene rings is 1. The highest BCUT2D eigenvalue weighted by Gasteiger charge is 2.38. The van der Waals surface area contributed by atoms with Crippen molar-refractivity contribution < 1.29 is 14.7 Å². The lowest BCUT2D eigenvalue weighted by molar-refractivity contribution is -0.140. The van der Waals surface area contributed by atoms with Gasteiger partial charge in [-0.05, 0) is 25.7 Å². The topological polar surface area (TPSA) is 69.6 Å². The van der Waals surface area contributed by atoms with Crippen molar-refractivity contribution in [2.75, 3.05) is 6.54 Å². The number of likely N-dealkylation sites (tertiary alicyclic amines) is 1. The number of rotatable bonds is 5. The summed E-state index contributed by atoms with van der Waals surface area (Å²) in [5.74, 6) is -0.388. The fourth-order valence-electron chi connectivity index (χ4n) is 3.65. The van der Waals surface area contributed by atoms with Gasteiger partial charge < -0.3 is 10.4 Å². The van der Waals surface area contributed by atoms with Gasteiger partial charge in [-0.2, -0.15) is 0 Å². The molecular weight excluding hydrogens is 292 g/mol. The number of nitrogens with zero attached hydrogens (tertiary/aromatic N) is 1. The summed E-state index contributed by atoms with van der Waals surface area (Å²) in [7, 11) is 0. The Balaban J connectivity index is 1.65. The molecule has 0 aromatic heterocycles. The third-order valence-corrected chi connectivity index (χ3v) is 4.91. The predicted molar refractivity (Wildman–Crippen MR) is 86.9 cm³/mol. The molecule has 1 heterocycles. The number of ketones is 1. The zero-order valence-electron chi connectivity index (χ0n) is 13.3. The summed E-state index contributed by atoms with van der Waals surface area (Å²) in [4.78, 5) is 26.6. The van der Waals surface area contributed by atoms with Crippen molar-refractivity contribution in [2.24, 2.45) is 0 Å².